The van der Waals surface area contributed by atoms with E-state index in [9.17, 15) is 13.6 Å². The van der Waals surface area contributed by atoms with Gasteiger partial charge >= 0.3 is 0 Å². The first kappa shape index (κ1) is 15.7. The van der Waals surface area contributed by atoms with Crippen LogP contribution >= 0.6 is 0 Å². The topological polar surface area (TPSA) is 51.0 Å². The Hall–Kier alpha value is -2.83. The SMILES string of the molecule is O=C(c1ccc(-n2ncc3ccccc32)nc1)N1CCC(F)(F)CC1. The highest BCUT2D eigenvalue weighted by Gasteiger charge is 2.35. The van der Waals surface area contributed by atoms with Crippen LogP contribution < -0.4 is 0 Å². The largest absolute Gasteiger partial charge is 0.338 e. The molecule has 3 aromatic rings. The minimum absolute atomic E-state index is 0.0668. The summed E-state index contributed by atoms with van der Waals surface area (Å²) < 4.78 is 28.1. The molecule has 0 aliphatic carbocycles. The summed E-state index contributed by atoms with van der Waals surface area (Å²) in [5.41, 5.74) is 1.32. The molecule has 2 aromatic heterocycles. The van der Waals surface area contributed by atoms with E-state index >= 15 is 0 Å². The van der Waals surface area contributed by atoms with Gasteiger partial charge in [0.05, 0.1) is 17.3 Å². The maximum atomic E-state index is 13.2. The first-order valence-electron chi connectivity index (χ1n) is 8.10. The number of hydrogen-bond acceptors (Lipinski definition) is 3. The van der Waals surface area contributed by atoms with Crippen LogP contribution in [0.4, 0.5) is 8.78 Å². The number of benzene rings is 1. The first-order valence-corrected chi connectivity index (χ1v) is 8.10. The molecule has 0 atom stereocenters. The molecular weight excluding hydrogens is 326 g/mol. The molecule has 5 nitrogen and oxygen atoms in total. The molecule has 1 fully saturated rings. The van der Waals surface area contributed by atoms with Crippen molar-refractivity contribution >= 4 is 16.8 Å². The minimum atomic E-state index is -2.67. The van der Waals surface area contributed by atoms with Crippen molar-refractivity contribution in [1.82, 2.24) is 19.7 Å². The van der Waals surface area contributed by atoms with Crippen LogP contribution in [0.15, 0.2) is 48.8 Å². The number of aromatic nitrogens is 3. The Labute approximate surface area is 142 Å². The average molecular weight is 342 g/mol. The van der Waals surface area contributed by atoms with Gasteiger partial charge in [0.15, 0.2) is 5.82 Å². The lowest BCUT2D eigenvalue weighted by Crippen LogP contribution is -2.42. The van der Waals surface area contributed by atoms with Crippen LogP contribution in [0, 0.1) is 0 Å². The number of rotatable bonds is 2. The monoisotopic (exact) mass is 342 g/mol. The van der Waals surface area contributed by atoms with Crippen molar-refractivity contribution in [2.24, 2.45) is 0 Å². The standard InChI is InChI=1S/C18H16F2N4O/c19-18(20)7-9-23(10-8-18)17(25)14-5-6-16(21-11-14)24-15-4-2-1-3-13(15)12-22-24/h1-6,11-12H,7-10H2. The van der Waals surface area contributed by atoms with Crippen molar-refractivity contribution in [1.29, 1.82) is 0 Å². The molecule has 0 saturated carbocycles. The summed E-state index contributed by atoms with van der Waals surface area (Å²) in [6.07, 6.45) is 2.65. The lowest BCUT2D eigenvalue weighted by molar-refractivity contribution is -0.0494. The third-order valence-corrected chi connectivity index (χ3v) is 4.47. The average Bonchev–Trinajstić information content (AvgIpc) is 3.05. The minimum Gasteiger partial charge on any atom is -0.338 e. The Kier molecular flexibility index (Phi) is 3.71. The second kappa shape index (κ2) is 5.91. The van der Waals surface area contributed by atoms with E-state index in [0.717, 1.165) is 10.9 Å². The number of halogens is 2. The molecule has 1 aromatic carbocycles. The highest BCUT2D eigenvalue weighted by molar-refractivity contribution is 5.94. The molecule has 128 valence electrons. The molecule has 1 saturated heterocycles. The zero-order chi connectivity index (χ0) is 17.4. The quantitative estimate of drug-likeness (QED) is 0.718. The summed E-state index contributed by atoms with van der Waals surface area (Å²) in [5, 5.41) is 5.32. The van der Waals surface area contributed by atoms with Gasteiger partial charge in [-0.3, -0.25) is 4.79 Å². The van der Waals surface area contributed by atoms with Gasteiger partial charge in [0, 0.05) is 37.5 Å². The maximum absolute atomic E-state index is 13.2. The Balaban J connectivity index is 1.55. The van der Waals surface area contributed by atoms with Crippen molar-refractivity contribution in [2.45, 2.75) is 18.8 Å². The molecule has 3 heterocycles. The first-order chi connectivity index (χ1) is 12.0. The third kappa shape index (κ3) is 2.97. The zero-order valence-corrected chi connectivity index (χ0v) is 13.4. The number of likely N-dealkylation sites (tertiary alicyclic amines) is 1. The van der Waals surface area contributed by atoms with Crippen molar-refractivity contribution < 1.29 is 13.6 Å². The van der Waals surface area contributed by atoms with E-state index in [1.54, 1.807) is 23.0 Å². The van der Waals surface area contributed by atoms with Crippen LogP contribution in [0.5, 0.6) is 0 Å². The van der Waals surface area contributed by atoms with Gasteiger partial charge in [-0.15, -0.1) is 0 Å². The normalized spacial score (nSPS) is 17.0. The smallest absolute Gasteiger partial charge is 0.255 e. The summed E-state index contributed by atoms with van der Waals surface area (Å²) in [7, 11) is 0. The maximum Gasteiger partial charge on any atom is 0.255 e. The summed E-state index contributed by atoms with van der Waals surface area (Å²) in [6.45, 7) is 0.134. The van der Waals surface area contributed by atoms with Gasteiger partial charge in [0.1, 0.15) is 0 Å². The van der Waals surface area contributed by atoms with Crippen molar-refractivity contribution in [3.8, 4) is 5.82 Å². The fourth-order valence-electron chi connectivity index (χ4n) is 3.01. The summed E-state index contributed by atoms with van der Waals surface area (Å²) in [6, 6.07) is 11.1. The molecule has 0 spiro atoms. The third-order valence-electron chi connectivity index (χ3n) is 4.47. The summed E-state index contributed by atoms with van der Waals surface area (Å²) in [5.74, 6) is -2.33. The van der Waals surface area contributed by atoms with Gasteiger partial charge in [-0.2, -0.15) is 5.10 Å². The van der Waals surface area contributed by atoms with Gasteiger partial charge in [-0.25, -0.2) is 18.4 Å². The highest BCUT2D eigenvalue weighted by atomic mass is 19.3. The van der Waals surface area contributed by atoms with Crippen LogP contribution in [0.1, 0.15) is 23.2 Å². The lowest BCUT2D eigenvalue weighted by atomic mass is 10.1. The lowest BCUT2D eigenvalue weighted by Gasteiger charge is -2.31. The number of alkyl halides is 2. The van der Waals surface area contributed by atoms with Crippen LogP contribution in [0.3, 0.4) is 0 Å². The summed E-state index contributed by atoms with van der Waals surface area (Å²) >= 11 is 0. The molecule has 0 unspecified atom stereocenters. The van der Waals surface area contributed by atoms with Crippen molar-refractivity contribution in [2.75, 3.05) is 13.1 Å². The van der Waals surface area contributed by atoms with Crippen LogP contribution in [0.2, 0.25) is 0 Å². The fourth-order valence-corrected chi connectivity index (χ4v) is 3.01. The van der Waals surface area contributed by atoms with E-state index in [1.807, 2.05) is 24.3 Å². The summed E-state index contributed by atoms with van der Waals surface area (Å²) in [4.78, 5) is 18.2. The second-order valence-electron chi connectivity index (χ2n) is 6.17. The predicted octanol–water partition coefficient (Wildman–Crippen LogP) is 3.29. The Bertz CT molecular complexity index is 910. The Morgan fingerprint density at radius 3 is 2.52 bits per heavy atom. The van der Waals surface area contributed by atoms with E-state index < -0.39 is 5.92 Å². The number of amides is 1. The molecule has 1 amide bonds. The van der Waals surface area contributed by atoms with Crippen molar-refractivity contribution in [3.63, 3.8) is 0 Å². The predicted molar refractivity (Wildman–Crippen MR) is 88.9 cm³/mol. The zero-order valence-electron chi connectivity index (χ0n) is 13.4. The highest BCUT2D eigenvalue weighted by Crippen LogP contribution is 2.28. The molecule has 25 heavy (non-hydrogen) atoms. The number of pyridine rings is 1. The molecule has 0 N–H and O–H groups in total. The molecule has 7 heteroatoms. The number of carbonyl (C=O) groups is 1. The van der Waals surface area contributed by atoms with Crippen molar-refractivity contribution in [3.05, 3.63) is 54.4 Å². The van der Waals surface area contributed by atoms with E-state index in [4.69, 9.17) is 0 Å². The van der Waals surface area contributed by atoms with Gasteiger partial charge in [-0.05, 0) is 18.2 Å². The van der Waals surface area contributed by atoms with E-state index in [0.29, 0.717) is 11.4 Å². The van der Waals surface area contributed by atoms with Crippen LogP contribution in [-0.4, -0.2) is 44.6 Å². The number of nitrogens with zero attached hydrogens (tertiary/aromatic N) is 4. The Morgan fingerprint density at radius 1 is 1.04 bits per heavy atom. The number of fused-ring (bicyclic) bond motifs is 1. The number of para-hydroxylation sites is 1. The van der Waals surface area contributed by atoms with Gasteiger partial charge in [-0.1, -0.05) is 18.2 Å². The molecule has 4 rings (SSSR count). The second-order valence-corrected chi connectivity index (χ2v) is 6.17. The van der Waals surface area contributed by atoms with Gasteiger partial charge < -0.3 is 4.90 Å². The van der Waals surface area contributed by atoms with Crippen LogP contribution in [0.25, 0.3) is 16.7 Å². The van der Waals surface area contributed by atoms with Gasteiger partial charge in [0.2, 0.25) is 0 Å². The number of hydrogen-bond donors (Lipinski definition) is 0. The number of piperidine rings is 1. The Morgan fingerprint density at radius 2 is 1.80 bits per heavy atom. The number of carbonyl (C=O) groups excluding carboxylic acids is 1. The molecule has 0 radical (unpaired) electrons. The molecular formula is C18H16F2N4O. The molecule has 1 aliphatic rings. The van der Waals surface area contributed by atoms with E-state index in [2.05, 4.69) is 10.1 Å². The molecule has 0 bridgehead atoms. The van der Waals surface area contributed by atoms with Crippen LogP contribution in [-0.2, 0) is 0 Å². The van der Waals surface area contributed by atoms with Gasteiger partial charge in [0.25, 0.3) is 11.8 Å². The molecule has 1 aliphatic heterocycles. The van der Waals surface area contributed by atoms with E-state index in [-0.39, 0.29) is 31.8 Å². The fraction of sp³-hybridized carbons (Fsp3) is 0.278. The van der Waals surface area contributed by atoms with E-state index in [1.165, 1.54) is 11.1 Å².